The largest absolute Gasteiger partial charge is 0.365 e. The number of thiophene rings is 1. The van der Waals surface area contributed by atoms with E-state index in [1.807, 2.05) is 0 Å². The molecule has 0 fully saturated rings. The van der Waals surface area contributed by atoms with Crippen LogP contribution in [0, 0.1) is 16.0 Å². The number of nitrogens with one attached hydrogen (secondary N) is 1. The van der Waals surface area contributed by atoms with Crippen molar-refractivity contribution >= 4 is 33.8 Å². The smallest absolute Gasteiger partial charge is 0.269 e. The van der Waals surface area contributed by atoms with E-state index < -0.39 is 10.8 Å². The molecule has 1 heterocycles. The van der Waals surface area contributed by atoms with Crippen LogP contribution in [0.3, 0.4) is 0 Å². The Labute approximate surface area is 167 Å². The Balaban J connectivity index is 1.75. The molecule has 0 aliphatic heterocycles. The average molecular weight is 401 g/mol. The molecule has 3 rings (SSSR count). The number of nitro groups is 1. The monoisotopic (exact) mass is 401 g/mol. The van der Waals surface area contributed by atoms with Crippen molar-refractivity contribution in [3.05, 3.63) is 55.9 Å². The second-order valence-electron chi connectivity index (χ2n) is 7.12. The maximum absolute atomic E-state index is 12.5. The van der Waals surface area contributed by atoms with Crippen LogP contribution in [0.2, 0.25) is 0 Å². The van der Waals surface area contributed by atoms with Crippen molar-refractivity contribution in [3.63, 3.8) is 0 Å². The Hall–Kier alpha value is -2.74. The van der Waals surface area contributed by atoms with E-state index in [9.17, 15) is 19.7 Å². The lowest BCUT2D eigenvalue weighted by atomic mass is 9.84. The highest BCUT2D eigenvalue weighted by Crippen LogP contribution is 2.40. The van der Waals surface area contributed by atoms with E-state index in [1.165, 1.54) is 23.5 Å². The van der Waals surface area contributed by atoms with Gasteiger partial charge in [0.15, 0.2) is 0 Å². The SMILES string of the molecule is CCCC1CCc2c(sc(NC(=O)Cc3ccc([N+](=O)[O-])cc3)c2C(N)=O)C1. The molecule has 1 aliphatic carbocycles. The summed E-state index contributed by atoms with van der Waals surface area (Å²) in [5.41, 5.74) is 7.66. The quantitative estimate of drug-likeness (QED) is 0.541. The number of non-ortho nitro benzene ring substituents is 1. The molecule has 0 saturated carbocycles. The van der Waals surface area contributed by atoms with Gasteiger partial charge in [-0.2, -0.15) is 0 Å². The van der Waals surface area contributed by atoms with Crippen LogP contribution in [-0.2, 0) is 24.1 Å². The molecule has 8 heteroatoms. The number of hydrogen-bond acceptors (Lipinski definition) is 5. The van der Waals surface area contributed by atoms with Crippen molar-refractivity contribution < 1.29 is 14.5 Å². The van der Waals surface area contributed by atoms with Gasteiger partial charge in [0.05, 0.1) is 16.9 Å². The molecule has 1 aromatic heterocycles. The van der Waals surface area contributed by atoms with Crippen molar-refractivity contribution in [2.75, 3.05) is 5.32 Å². The summed E-state index contributed by atoms with van der Waals surface area (Å²) >= 11 is 1.44. The molecule has 1 aliphatic rings. The Bertz CT molecular complexity index is 905. The highest BCUT2D eigenvalue weighted by Gasteiger charge is 2.28. The summed E-state index contributed by atoms with van der Waals surface area (Å²) in [6, 6.07) is 5.85. The van der Waals surface area contributed by atoms with Crippen LogP contribution in [0.4, 0.5) is 10.7 Å². The number of hydrogen-bond donors (Lipinski definition) is 2. The van der Waals surface area contributed by atoms with Crippen LogP contribution in [0.5, 0.6) is 0 Å². The first-order chi connectivity index (χ1) is 13.4. The molecule has 1 aromatic carbocycles. The third-order valence-corrected chi connectivity index (χ3v) is 6.25. The van der Waals surface area contributed by atoms with E-state index in [1.54, 1.807) is 12.1 Å². The van der Waals surface area contributed by atoms with Gasteiger partial charge in [0.25, 0.3) is 11.6 Å². The number of amides is 2. The summed E-state index contributed by atoms with van der Waals surface area (Å²) in [5, 5.41) is 14.1. The Morgan fingerprint density at radius 1 is 1.32 bits per heavy atom. The number of benzene rings is 1. The van der Waals surface area contributed by atoms with Crippen molar-refractivity contribution in [2.24, 2.45) is 11.7 Å². The van der Waals surface area contributed by atoms with Gasteiger partial charge in [-0.3, -0.25) is 19.7 Å². The zero-order valence-corrected chi connectivity index (χ0v) is 16.5. The van der Waals surface area contributed by atoms with E-state index in [0.29, 0.717) is 22.0 Å². The number of carbonyl (C=O) groups excluding carboxylic acids is 2. The second-order valence-corrected chi connectivity index (χ2v) is 8.22. The van der Waals surface area contributed by atoms with Crippen LogP contribution in [0.1, 0.15) is 52.5 Å². The molecular weight excluding hydrogens is 378 g/mol. The minimum Gasteiger partial charge on any atom is -0.365 e. The molecular formula is C20H23N3O4S. The fourth-order valence-electron chi connectivity index (χ4n) is 3.75. The molecule has 148 valence electrons. The van der Waals surface area contributed by atoms with Gasteiger partial charge in [-0.15, -0.1) is 11.3 Å². The molecule has 1 atom stereocenters. The molecule has 7 nitrogen and oxygen atoms in total. The minimum atomic E-state index is -0.517. The number of rotatable bonds is 7. The fourth-order valence-corrected chi connectivity index (χ4v) is 5.13. The lowest BCUT2D eigenvalue weighted by Crippen LogP contribution is -2.20. The summed E-state index contributed by atoms with van der Waals surface area (Å²) in [6.45, 7) is 2.17. The first-order valence-electron chi connectivity index (χ1n) is 9.36. The topological polar surface area (TPSA) is 115 Å². The molecule has 0 bridgehead atoms. The van der Waals surface area contributed by atoms with Gasteiger partial charge in [0, 0.05) is 17.0 Å². The highest BCUT2D eigenvalue weighted by molar-refractivity contribution is 7.17. The number of anilines is 1. The maximum atomic E-state index is 12.5. The molecule has 0 radical (unpaired) electrons. The van der Waals surface area contributed by atoms with Crippen molar-refractivity contribution in [1.29, 1.82) is 0 Å². The van der Waals surface area contributed by atoms with Gasteiger partial charge in [-0.05, 0) is 36.3 Å². The molecule has 0 spiro atoms. The first-order valence-corrected chi connectivity index (χ1v) is 10.2. The predicted molar refractivity (Wildman–Crippen MR) is 109 cm³/mol. The van der Waals surface area contributed by atoms with Gasteiger partial charge < -0.3 is 11.1 Å². The summed E-state index contributed by atoms with van der Waals surface area (Å²) in [7, 11) is 0. The third-order valence-electron chi connectivity index (χ3n) is 5.08. The van der Waals surface area contributed by atoms with Gasteiger partial charge in [-0.1, -0.05) is 31.9 Å². The second kappa shape index (κ2) is 8.52. The van der Waals surface area contributed by atoms with E-state index in [-0.39, 0.29) is 18.0 Å². The molecule has 2 amide bonds. The van der Waals surface area contributed by atoms with Crippen LogP contribution in [0.25, 0.3) is 0 Å². The van der Waals surface area contributed by atoms with Crippen LogP contribution < -0.4 is 11.1 Å². The van der Waals surface area contributed by atoms with E-state index >= 15 is 0 Å². The van der Waals surface area contributed by atoms with Gasteiger partial charge in [-0.25, -0.2) is 0 Å². The van der Waals surface area contributed by atoms with E-state index in [0.717, 1.165) is 42.5 Å². The Morgan fingerprint density at radius 3 is 2.64 bits per heavy atom. The third kappa shape index (κ3) is 4.39. The number of primary amides is 1. The van der Waals surface area contributed by atoms with E-state index in [2.05, 4.69) is 12.2 Å². The summed E-state index contributed by atoms with van der Waals surface area (Å²) < 4.78 is 0. The zero-order valence-electron chi connectivity index (χ0n) is 15.7. The summed E-state index contributed by atoms with van der Waals surface area (Å²) in [5.74, 6) is -0.183. The molecule has 3 N–H and O–H groups in total. The summed E-state index contributed by atoms with van der Waals surface area (Å²) in [4.78, 5) is 35.9. The minimum absolute atomic E-state index is 0.0206. The number of fused-ring (bicyclic) bond motifs is 1. The molecule has 2 aromatic rings. The lowest BCUT2D eigenvalue weighted by molar-refractivity contribution is -0.384. The Morgan fingerprint density at radius 2 is 2.04 bits per heavy atom. The average Bonchev–Trinajstić information content (AvgIpc) is 2.99. The van der Waals surface area contributed by atoms with E-state index in [4.69, 9.17) is 5.73 Å². The van der Waals surface area contributed by atoms with Crippen molar-refractivity contribution in [2.45, 2.75) is 45.4 Å². The number of carbonyl (C=O) groups is 2. The number of nitro benzene ring substituents is 1. The maximum Gasteiger partial charge on any atom is 0.269 e. The van der Waals surface area contributed by atoms with Crippen LogP contribution in [0.15, 0.2) is 24.3 Å². The normalized spacial score (nSPS) is 15.7. The van der Waals surface area contributed by atoms with Crippen molar-refractivity contribution in [3.8, 4) is 0 Å². The van der Waals surface area contributed by atoms with Gasteiger partial charge >= 0.3 is 0 Å². The first kappa shape index (κ1) is 20.0. The fraction of sp³-hybridized carbons (Fsp3) is 0.400. The Kier molecular flexibility index (Phi) is 6.08. The van der Waals surface area contributed by atoms with Crippen LogP contribution >= 0.6 is 11.3 Å². The van der Waals surface area contributed by atoms with Crippen LogP contribution in [-0.4, -0.2) is 16.7 Å². The summed E-state index contributed by atoms with van der Waals surface area (Å²) in [6.07, 6.45) is 5.13. The van der Waals surface area contributed by atoms with Crippen molar-refractivity contribution in [1.82, 2.24) is 0 Å². The zero-order chi connectivity index (χ0) is 20.3. The number of nitrogens with zero attached hydrogens (tertiary/aromatic N) is 1. The standard InChI is InChI=1S/C20H23N3O4S/c1-2-3-12-6-9-15-16(10-12)28-20(18(15)19(21)25)22-17(24)11-13-4-7-14(8-5-13)23(26)27/h4-5,7-8,12H,2-3,6,9-11H2,1H3,(H2,21,25)(H,22,24). The molecule has 0 saturated heterocycles. The lowest BCUT2D eigenvalue weighted by Gasteiger charge is -2.21. The highest BCUT2D eigenvalue weighted by atomic mass is 32.1. The number of nitrogens with two attached hydrogens (primary N) is 1. The molecule has 1 unspecified atom stereocenters. The predicted octanol–water partition coefficient (Wildman–Crippen LogP) is 3.84. The molecule has 28 heavy (non-hydrogen) atoms. The van der Waals surface area contributed by atoms with Gasteiger partial charge in [0.2, 0.25) is 5.91 Å². The van der Waals surface area contributed by atoms with Gasteiger partial charge in [0.1, 0.15) is 5.00 Å².